The molecule has 0 aliphatic carbocycles. The third-order valence-electron chi connectivity index (χ3n) is 4.70. The number of nitrogens with zero attached hydrogens (tertiary/aromatic N) is 1. The zero-order valence-corrected chi connectivity index (χ0v) is 16.6. The number of carbonyl (C=O) groups excluding carboxylic acids is 2. The molecule has 7 heteroatoms. The molecule has 154 valence electrons. The van der Waals surface area contributed by atoms with Crippen LogP contribution in [-0.2, 0) is 9.53 Å². The molecule has 0 saturated carbocycles. The van der Waals surface area contributed by atoms with Gasteiger partial charge in [0.15, 0.2) is 5.75 Å². The maximum absolute atomic E-state index is 12.4. The maximum atomic E-state index is 12.4. The van der Waals surface area contributed by atoms with Crippen molar-refractivity contribution in [1.29, 1.82) is 0 Å². The lowest BCUT2D eigenvalue weighted by molar-refractivity contribution is -0.115. The lowest BCUT2D eigenvalue weighted by Crippen LogP contribution is -2.46. The number of likely N-dealkylation sites (tertiary alicyclic amines) is 1. The fourth-order valence-electron chi connectivity index (χ4n) is 3.19. The van der Waals surface area contributed by atoms with Crippen LogP contribution in [0.2, 0.25) is 0 Å². The monoisotopic (exact) mass is 397 g/mol. The van der Waals surface area contributed by atoms with Crippen molar-refractivity contribution in [2.45, 2.75) is 25.8 Å². The van der Waals surface area contributed by atoms with Crippen molar-refractivity contribution < 1.29 is 19.1 Å². The number of hydrogen-bond donors (Lipinski definition) is 2. The molecule has 1 aliphatic rings. The van der Waals surface area contributed by atoms with Crippen molar-refractivity contribution in [1.82, 2.24) is 10.2 Å². The van der Waals surface area contributed by atoms with Crippen LogP contribution in [0.15, 0.2) is 54.6 Å². The summed E-state index contributed by atoms with van der Waals surface area (Å²) in [6, 6.07) is 17.0. The molecule has 29 heavy (non-hydrogen) atoms. The molecule has 2 aromatic rings. The van der Waals surface area contributed by atoms with E-state index in [0.717, 1.165) is 12.8 Å². The maximum Gasteiger partial charge on any atom is 0.409 e. The number of nitrogens with one attached hydrogen (secondary N) is 2. The Hall–Kier alpha value is -3.06. The van der Waals surface area contributed by atoms with Gasteiger partial charge in [0.25, 0.3) is 0 Å². The minimum absolute atomic E-state index is 0.137. The number of benzene rings is 2. The minimum atomic E-state index is -0.265. The van der Waals surface area contributed by atoms with Crippen molar-refractivity contribution in [3.8, 4) is 11.5 Å². The van der Waals surface area contributed by atoms with Gasteiger partial charge < -0.3 is 25.0 Å². The molecule has 0 radical (unpaired) electrons. The van der Waals surface area contributed by atoms with E-state index in [-0.39, 0.29) is 24.6 Å². The zero-order valence-electron chi connectivity index (χ0n) is 16.6. The normalized spacial score (nSPS) is 14.3. The Bertz CT molecular complexity index is 805. The molecule has 3 rings (SSSR count). The first kappa shape index (κ1) is 20.7. The second-order valence-electron chi connectivity index (χ2n) is 6.80. The number of amides is 2. The molecule has 1 saturated heterocycles. The molecule has 0 bridgehead atoms. The molecular formula is C22H27N3O4. The number of carbonyl (C=O) groups is 2. The minimum Gasteiger partial charge on any atom is -0.455 e. The summed E-state index contributed by atoms with van der Waals surface area (Å²) < 4.78 is 10.9. The fourth-order valence-corrected chi connectivity index (χ4v) is 3.19. The van der Waals surface area contributed by atoms with Crippen LogP contribution in [0.4, 0.5) is 10.5 Å². The Morgan fingerprint density at radius 3 is 2.45 bits per heavy atom. The molecule has 1 aliphatic heterocycles. The third-order valence-corrected chi connectivity index (χ3v) is 4.70. The van der Waals surface area contributed by atoms with Crippen LogP contribution < -0.4 is 15.4 Å². The summed E-state index contributed by atoms with van der Waals surface area (Å²) in [6.07, 6.45) is 1.32. The van der Waals surface area contributed by atoms with Crippen molar-refractivity contribution in [2.24, 2.45) is 0 Å². The van der Waals surface area contributed by atoms with Crippen LogP contribution in [0.1, 0.15) is 19.8 Å². The predicted octanol–water partition coefficient (Wildman–Crippen LogP) is 3.63. The van der Waals surface area contributed by atoms with Crippen LogP contribution in [-0.4, -0.2) is 49.2 Å². The molecule has 2 aromatic carbocycles. The second-order valence-corrected chi connectivity index (χ2v) is 6.80. The molecule has 1 heterocycles. The molecule has 1 fully saturated rings. The zero-order chi connectivity index (χ0) is 20.5. The highest BCUT2D eigenvalue weighted by Gasteiger charge is 2.23. The Labute approximate surface area is 171 Å². The van der Waals surface area contributed by atoms with Gasteiger partial charge in [-0.1, -0.05) is 30.3 Å². The Kier molecular flexibility index (Phi) is 7.47. The molecule has 0 aromatic heterocycles. The van der Waals surface area contributed by atoms with Gasteiger partial charge in [0, 0.05) is 19.1 Å². The van der Waals surface area contributed by atoms with Crippen molar-refractivity contribution >= 4 is 17.7 Å². The summed E-state index contributed by atoms with van der Waals surface area (Å²) in [6.45, 7) is 3.64. The van der Waals surface area contributed by atoms with Gasteiger partial charge in [0.05, 0.1) is 18.8 Å². The molecule has 2 amide bonds. The molecule has 7 nitrogen and oxygen atoms in total. The third kappa shape index (κ3) is 6.22. The average molecular weight is 397 g/mol. The summed E-state index contributed by atoms with van der Waals surface area (Å²) in [5.41, 5.74) is 0.625. The van der Waals surface area contributed by atoms with Crippen LogP contribution in [0.3, 0.4) is 0 Å². The Morgan fingerprint density at radius 1 is 1.03 bits per heavy atom. The highest BCUT2D eigenvalue weighted by Crippen LogP contribution is 2.28. The predicted molar refractivity (Wildman–Crippen MR) is 111 cm³/mol. The van der Waals surface area contributed by atoms with E-state index in [0.29, 0.717) is 36.9 Å². The number of para-hydroxylation sites is 3. The first-order valence-corrected chi connectivity index (χ1v) is 9.92. The SMILES string of the molecule is CCOC(=O)N1CCC(NCC(=O)Nc2ccccc2Oc2ccccc2)CC1. The number of ether oxygens (including phenoxy) is 2. The fraction of sp³-hybridized carbons (Fsp3) is 0.364. The second kappa shape index (κ2) is 10.5. The van der Waals surface area contributed by atoms with Crippen molar-refractivity contribution in [3.05, 3.63) is 54.6 Å². The molecular weight excluding hydrogens is 370 g/mol. The van der Waals surface area contributed by atoms with Crippen molar-refractivity contribution in [3.63, 3.8) is 0 Å². The first-order valence-electron chi connectivity index (χ1n) is 9.92. The number of piperidine rings is 1. The lowest BCUT2D eigenvalue weighted by Gasteiger charge is -2.31. The van der Waals surface area contributed by atoms with E-state index in [2.05, 4.69) is 10.6 Å². The lowest BCUT2D eigenvalue weighted by atomic mass is 10.1. The van der Waals surface area contributed by atoms with Crippen molar-refractivity contribution in [2.75, 3.05) is 31.6 Å². The standard InChI is InChI=1S/C22H27N3O4/c1-2-28-22(27)25-14-12-17(13-15-25)23-16-21(26)24-19-10-6-7-11-20(19)29-18-8-4-3-5-9-18/h3-11,17,23H,2,12-16H2,1H3,(H,24,26). The first-order chi connectivity index (χ1) is 14.2. The van der Waals surface area contributed by atoms with E-state index in [1.165, 1.54) is 0 Å². The average Bonchev–Trinajstić information content (AvgIpc) is 2.75. The van der Waals surface area contributed by atoms with E-state index in [9.17, 15) is 9.59 Å². The van der Waals surface area contributed by atoms with Gasteiger partial charge in [-0.3, -0.25) is 4.79 Å². The van der Waals surface area contributed by atoms with E-state index < -0.39 is 0 Å². The summed E-state index contributed by atoms with van der Waals surface area (Å²) >= 11 is 0. The van der Waals surface area contributed by atoms with Gasteiger partial charge in [-0.05, 0) is 44.0 Å². The van der Waals surface area contributed by atoms with Crippen LogP contribution in [0.5, 0.6) is 11.5 Å². The Morgan fingerprint density at radius 2 is 1.72 bits per heavy atom. The Balaban J connectivity index is 1.46. The smallest absolute Gasteiger partial charge is 0.409 e. The van der Waals surface area contributed by atoms with Crippen LogP contribution in [0.25, 0.3) is 0 Å². The van der Waals surface area contributed by atoms with E-state index in [4.69, 9.17) is 9.47 Å². The number of rotatable bonds is 7. The largest absolute Gasteiger partial charge is 0.455 e. The van der Waals surface area contributed by atoms with E-state index >= 15 is 0 Å². The molecule has 0 atom stereocenters. The van der Waals surface area contributed by atoms with Crippen LogP contribution >= 0.6 is 0 Å². The quantitative estimate of drug-likeness (QED) is 0.746. The number of hydrogen-bond acceptors (Lipinski definition) is 5. The van der Waals surface area contributed by atoms with Crippen LogP contribution in [0, 0.1) is 0 Å². The summed E-state index contributed by atoms with van der Waals surface area (Å²) in [5, 5.41) is 6.17. The van der Waals surface area contributed by atoms with Gasteiger partial charge in [-0.2, -0.15) is 0 Å². The number of anilines is 1. The molecule has 0 spiro atoms. The topological polar surface area (TPSA) is 79.9 Å². The summed E-state index contributed by atoms with van der Waals surface area (Å²) in [5.74, 6) is 1.16. The van der Waals surface area contributed by atoms with Gasteiger partial charge in [0.1, 0.15) is 5.75 Å². The van der Waals surface area contributed by atoms with Gasteiger partial charge in [-0.25, -0.2) is 4.79 Å². The van der Waals surface area contributed by atoms with Gasteiger partial charge in [0.2, 0.25) is 5.91 Å². The summed E-state index contributed by atoms with van der Waals surface area (Å²) in [7, 11) is 0. The van der Waals surface area contributed by atoms with Gasteiger partial charge >= 0.3 is 6.09 Å². The highest BCUT2D eigenvalue weighted by molar-refractivity contribution is 5.93. The van der Waals surface area contributed by atoms with Gasteiger partial charge in [-0.15, -0.1) is 0 Å². The molecule has 2 N–H and O–H groups in total. The summed E-state index contributed by atoms with van der Waals surface area (Å²) in [4.78, 5) is 25.9. The highest BCUT2D eigenvalue weighted by atomic mass is 16.6. The van der Waals surface area contributed by atoms with E-state index in [1.807, 2.05) is 54.6 Å². The molecule has 0 unspecified atom stereocenters. The van der Waals surface area contributed by atoms with E-state index in [1.54, 1.807) is 11.8 Å².